The normalized spacial score (nSPS) is 11.3. The summed E-state index contributed by atoms with van der Waals surface area (Å²) in [6, 6.07) is 20.9. The quantitative estimate of drug-likeness (QED) is 0.427. The molecule has 0 spiro atoms. The van der Waals surface area contributed by atoms with Crippen LogP contribution in [0.2, 0.25) is 0 Å². The Morgan fingerprint density at radius 3 is 1.94 bits per heavy atom. The van der Waals surface area contributed by atoms with Crippen molar-refractivity contribution < 1.29 is 18.0 Å². The summed E-state index contributed by atoms with van der Waals surface area (Å²) in [6.45, 7) is 6.78. The van der Waals surface area contributed by atoms with Crippen molar-refractivity contribution in [2.24, 2.45) is 0 Å². The van der Waals surface area contributed by atoms with Crippen LogP contribution in [0.1, 0.15) is 57.7 Å². The lowest BCUT2D eigenvalue weighted by atomic mass is 10.1. The van der Waals surface area contributed by atoms with E-state index in [0.29, 0.717) is 24.2 Å². The maximum Gasteiger partial charge on any atom is 0.254 e. The summed E-state index contributed by atoms with van der Waals surface area (Å²) < 4.78 is 27.7. The summed E-state index contributed by atoms with van der Waals surface area (Å²) in [5.74, 6) is -0.178. The van der Waals surface area contributed by atoms with Crippen molar-refractivity contribution in [1.82, 2.24) is 9.62 Å². The second-order valence-corrected chi connectivity index (χ2v) is 10.1. The summed E-state index contributed by atoms with van der Waals surface area (Å²) >= 11 is 0. The fourth-order valence-electron chi connectivity index (χ4n) is 3.51. The second-order valence-electron chi connectivity index (χ2n) is 8.31. The van der Waals surface area contributed by atoms with Crippen LogP contribution in [0.5, 0.6) is 0 Å². The molecule has 0 aromatic heterocycles. The number of rotatable bonds is 10. The lowest BCUT2D eigenvalue weighted by Gasteiger charge is -2.22. The van der Waals surface area contributed by atoms with Gasteiger partial charge in [0.1, 0.15) is 0 Å². The predicted molar refractivity (Wildman–Crippen MR) is 133 cm³/mol. The van der Waals surface area contributed by atoms with E-state index in [0.717, 1.165) is 17.5 Å². The summed E-state index contributed by atoms with van der Waals surface area (Å²) in [6.07, 6.45) is 0.852. The molecule has 0 saturated carbocycles. The highest BCUT2D eigenvalue weighted by Crippen LogP contribution is 2.15. The topological polar surface area (TPSA) is 83.6 Å². The number of nitrogens with zero attached hydrogens (tertiary/aromatic N) is 1. The highest BCUT2D eigenvalue weighted by Gasteiger charge is 2.17. The van der Waals surface area contributed by atoms with Gasteiger partial charge < -0.3 is 4.90 Å². The monoisotopic (exact) mass is 478 g/mol. The summed E-state index contributed by atoms with van der Waals surface area (Å²) in [7, 11) is -3.72. The lowest BCUT2D eigenvalue weighted by molar-refractivity contribution is 0.0743. The molecule has 3 aromatic rings. The highest BCUT2D eigenvalue weighted by molar-refractivity contribution is 7.89. The van der Waals surface area contributed by atoms with Gasteiger partial charge in [0.05, 0.1) is 4.90 Å². The van der Waals surface area contributed by atoms with Crippen molar-refractivity contribution in [3.8, 4) is 0 Å². The smallest absolute Gasteiger partial charge is 0.254 e. The first-order valence-electron chi connectivity index (χ1n) is 11.2. The molecule has 3 rings (SSSR count). The number of Topliss-reactive ketones (excluding diaryl/α,β-unsaturated/α-hetero) is 1. The Bertz CT molecular complexity index is 1230. The first-order valence-corrected chi connectivity index (χ1v) is 12.7. The molecule has 0 aliphatic carbocycles. The van der Waals surface area contributed by atoms with E-state index in [2.05, 4.69) is 4.72 Å². The molecule has 0 aliphatic heterocycles. The molecule has 6 nitrogen and oxygen atoms in total. The third kappa shape index (κ3) is 6.62. The minimum atomic E-state index is -3.72. The maximum atomic E-state index is 13.1. The number of sulfonamides is 1. The Labute approximate surface area is 201 Å². The maximum absolute atomic E-state index is 13.1. The largest absolute Gasteiger partial charge is 0.334 e. The molecular formula is C27H30N2O4S. The molecule has 0 aliphatic rings. The van der Waals surface area contributed by atoms with Crippen molar-refractivity contribution in [1.29, 1.82) is 0 Å². The minimum Gasteiger partial charge on any atom is -0.334 e. The number of nitrogens with one attached hydrogen (secondary N) is 1. The van der Waals surface area contributed by atoms with Gasteiger partial charge in [0.2, 0.25) is 10.0 Å². The summed E-state index contributed by atoms with van der Waals surface area (Å²) in [4.78, 5) is 26.4. The standard InChI is InChI=1S/C27H30N2O4S/c1-4-17-29(19-23-7-5-20(2)6-8-23)27(31)25-11-9-22(10-12-25)18-28-34(32,33)26-15-13-24(14-16-26)21(3)30/h5-16,28H,4,17-19H2,1-3H3. The molecule has 0 atom stereocenters. The number of carbonyl (C=O) groups is 2. The molecule has 1 amide bonds. The average Bonchev–Trinajstić information content (AvgIpc) is 2.84. The third-order valence-corrected chi connectivity index (χ3v) is 6.93. The van der Waals surface area contributed by atoms with E-state index in [4.69, 9.17) is 0 Å². The Kier molecular flexibility index (Phi) is 8.36. The molecule has 0 radical (unpaired) electrons. The number of hydrogen-bond donors (Lipinski definition) is 1. The van der Waals surface area contributed by atoms with Crippen LogP contribution in [-0.2, 0) is 23.1 Å². The Balaban J connectivity index is 1.65. The first-order chi connectivity index (χ1) is 16.2. The second kappa shape index (κ2) is 11.2. The van der Waals surface area contributed by atoms with Crippen molar-refractivity contribution in [2.45, 2.75) is 45.2 Å². The van der Waals surface area contributed by atoms with Crippen molar-refractivity contribution in [3.05, 3.63) is 101 Å². The zero-order chi connectivity index (χ0) is 24.7. The van der Waals surface area contributed by atoms with Crippen LogP contribution < -0.4 is 4.72 Å². The number of ketones is 1. The zero-order valence-electron chi connectivity index (χ0n) is 19.7. The predicted octanol–water partition coefficient (Wildman–Crippen LogP) is 4.73. The van der Waals surface area contributed by atoms with Gasteiger partial charge in [-0.05, 0) is 55.7 Å². The van der Waals surface area contributed by atoms with Crippen LogP contribution in [0.15, 0.2) is 77.7 Å². The SMILES string of the molecule is CCCN(Cc1ccc(C)cc1)C(=O)c1ccc(CNS(=O)(=O)c2ccc(C(C)=O)cc2)cc1. The van der Waals surface area contributed by atoms with Gasteiger partial charge in [-0.1, -0.05) is 61.0 Å². The molecule has 0 bridgehead atoms. The van der Waals surface area contributed by atoms with Crippen LogP contribution in [0.3, 0.4) is 0 Å². The molecule has 1 N–H and O–H groups in total. The molecule has 0 unspecified atom stereocenters. The number of carbonyl (C=O) groups excluding carboxylic acids is 2. The van der Waals surface area contributed by atoms with Crippen molar-refractivity contribution >= 4 is 21.7 Å². The van der Waals surface area contributed by atoms with E-state index in [9.17, 15) is 18.0 Å². The Hall–Kier alpha value is -3.29. The third-order valence-electron chi connectivity index (χ3n) is 5.51. The fraction of sp³-hybridized carbons (Fsp3) is 0.259. The number of benzene rings is 3. The van der Waals surface area contributed by atoms with Gasteiger partial charge in [-0.2, -0.15) is 0 Å². The van der Waals surface area contributed by atoms with E-state index in [1.165, 1.54) is 36.8 Å². The number of aryl methyl sites for hydroxylation is 1. The van der Waals surface area contributed by atoms with Crippen LogP contribution in [0.25, 0.3) is 0 Å². The molecule has 7 heteroatoms. The average molecular weight is 479 g/mol. The van der Waals surface area contributed by atoms with Gasteiger partial charge in [-0.15, -0.1) is 0 Å². The molecule has 0 fully saturated rings. The van der Waals surface area contributed by atoms with Crippen molar-refractivity contribution in [2.75, 3.05) is 6.54 Å². The fourth-order valence-corrected chi connectivity index (χ4v) is 4.53. The van der Waals surface area contributed by atoms with Crippen LogP contribution in [-0.4, -0.2) is 31.6 Å². The van der Waals surface area contributed by atoms with Crippen molar-refractivity contribution in [3.63, 3.8) is 0 Å². The van der Waals surface area contributed by atoms with Crippen LogP contribution >= 0.6 is 0 Å². The molecular weight excluding hydrogens is 448 g/mol. The molecule has 0 heterocycles. The van der Waals surface area contributed by atoms with E-state index in [1.807, 2.05) is 43.0 Å². The van der Waals surface area contributed by atoms with Gasteiger partial charge in [-0.25, -0.2) is 13.1 Å². The van der Waals surface area contributed by atoms with Crippen LogP contribution in [0, 0.1) is 6.92 Å². The number of amides is 1. The minimum absolute atomic E-state index is 0.0554. The van der Waals surface area contributed by atoms with E-state index >= 15 is 0 Å². The van der Waals surface area contributed by atoms with Gasteiger partial charge in [0, 0.05) is 30.8 Å². The van der Waals surface area contributed by atoms with E-state index < -0.39 is 10.0 Å². The molecule has 3 aromatic carbocycles. The van der Waals surface area contributed by atoms with Gasteiger partial charge in [-0.3, -0.25) is 9.59 Å². The summed E-state index contributed by atoms with van der Waals surface area (Å²) in [5.41, 5.74) is 4.01. The Morgan fingerprint density at radius 1 is 0.824 bits per heavy atom. The zero-order valence-corrected chi connectivity index (χ0v) is 20.6. The van der Waals surface area contributed by atoms with Crippen LogP contribution in [0.4, 0.5) is 0 Å². The molecule has 178 valence electrons. The Morgan fingerprint density at radius 2 is 1.38 bits per heavy atom. The summed E-state index contributed by atoms with van der Waals surface area (Å²) in [5, 5.41) is 0. The highest BCUT2D eigenvalue weighted by atomic mass is 32.2. The van der Waals surface area contributed by atoms with Gasteiger partial charge in [0.25, 0.3) is 5.91 Å². The molecule has 34 heavy (non-hydrogen) atoms. The number of hydrogen-bond acceptors (Lipinski definition) is 4. The van der Waals surface area contributed by atoms with E-state index in [-0.39, 0.29) is 23.1 Å². The first kappa shape index (κ1) is 25.3. The van der Waals surface area contributed by atoms with E-state index in [1.54, 1.807) is 24.3 Å². The van der Waals surface area contributed by atoms with Gasteiger partial charge in [0.15, 0.2) is 5.78 Å². The van der Waals surface area contributed by atoms with Gasteiger partial charge >= 0.3 is 0 Å². The molecule has 0 saturated heterocycles. The lowest BCUT2D eigenvalue weighted by Crippen LogP contribution is -2.31.